The quantitative estimate of drug-likeness (QED) is 0.724. The van der Waals surface area contributed by atoms with Crippen molar-refractivity contribution in [2.75, 3.05) is 6.54 Å². The number of rotatable bonds is 2. The summed E-state index contributed by atoms with van der Waals surface area (Å²) in [5.41, 5.74) is 0. The summed E-state index contributed by atoms with van der Waals surface area (Å²) in [6.07, 6.45) is 7.18. The Morgan fingerprint density at radius 3 is 2.67 bits per heavy atom. The van der Waals surface area contributed by atoms with Crippen LogP contribution >= 0.6 is 0 Å². The molecule has 3 atom stereocenters. The molecule has 0 aromatic heterocycles. The first-order chi connectivity index (χ1) is 7.27. The van der Waals surface area contributed by atoms with E-state index in [1.165, 1.54) is 25.7 Å². The van der Waals surface area contributed by atoms with Gasteiger partial charge in [-0.2, -0.15) is 0 Å². The van der Waals surface area contributed by atoms with Gasteiger partial charge in [-0.3, -0.25) is 4.79 Å². The Balaban J connectivity index is 1.81. The lowest BCUT2D eigenvalue weighted by Gasteiger charge is -2.30. The Bertz CT molecular complexity index is 224. The maximum atomic E-state index is 11.9. The van der Waals surface area contributed by atoms with Crippen LogP contribution in [0.1, 0.15) is 45.4 Å². The minimum absolute atomic E-state index is 0.0825. The average Bonchev–Trinajstić information content (AvgIpc) is 2.74. The minimum atomic E-state index is 0.0825. The van der Waals surface area contributed by atoms with Crippen LogP contribution in [0.5, 0.6) is 0 Å². The second-order valence-corrected chi connectivity index (χ2v) is 5.03. The van der Waals surface area contributed by atoms with E-state index < -0.39 is 0 Å². The molecular weight excluding hydrogens is 188 g/mol. The molecule has 1 amide bonds. The number of carbonyl (C=O) groups is 1. The van der Waals surface area contributed by atoms with Crippen molar-refractivity contribution in [1.82, 2.24) is 10.6 Å². The minimum Gasteiger partial charge on any atom is -0.352 e. The lowest BCUT2D eigenvalue weighted by Crippen LogP contribution is -2.48. The molecule has 1 aliphatic heterocycles. The van der Waals surface area contributed by atoms with E-state index in [2.05, 4.69) is 17.6 Å². The molecular formula is C12H22N2O. The third-order valence-corrected chi connectivity index (χ3v) is 3.82. The molecule has 2 unspecified atom stereocenters. The second kappa shape index (κ2) is 4.97. The van der Waals surface area contributed by atoms with Gasteiger partial charge in [0.05, 0.1) is 6.04 Å². The van der Waals surface area contributed by atoms with E-state index in [1.54, 1.807) is 0 Å². The maximum absolute atomic E-state index is 11.9. The predicted octanol–water partition coefficient (Wildman–Crippen LogP) is 1.43. The zero-order valence-electron chi connectivity index (χ0n) is 9.59. The van der Waals surface area contributed by atoms with Gasteiger partial charge < -0.3 is 10.6 Å². The highest BCUT2D eigenvalue weighted by atomic mass is 16.2. The highest BCUT2D eigenvalue weighted by Crippen LogP contribution is 2.23. The van der Waals surface area contributed by atoms with Gasteiger partial charge in [0.15, 0.2) is 0 Å². The number of hydrogen-bond donors (Lipinski definition) is 2. The number of amides is 1. The van der Waals surface area contributed by atoms with Gasteiger partial charge in [0, 0.05) is 6.04 Å². The van der Waals surface area contributed by atoms with Gasteiger partial charge in [-0.15, -0.1) is 0 Å². The van der Waals surface area contributed by atoms with Crippen LogP contribution in [0, 0.1) is 5.92 Å². The lowest BCUT2D eigenvalue weighted by atomic mass is 9.86. The molecule has 0 radical (unpaired) electrons. The van der Waals surface area contributed by atoms with E-state index in [-0.39, 0.29) is 11.9 Å². The van der Waals surface area contributed by atoms with Crippen LogP contribution in [0.25, 0.3) is 0 Å². The topological polar surface area (TPSA) is 41.1 Å². The van der Waals surface area contributed by atoms with E-state index >= 15 is 0 Å². The van der Waals surface area contributed by atoms with Crippen LogP contribution in [0.3, 0.4) is 0 Å². The van der Waals surface area contributed by atoms with Crippen LogP contribution in [-0.2, 0) is 4.79 Å². The fraction of sp³-hybridized carbons (Fsp3) is 0.917. The zero-order chi connectivity index (χ0) is 10.7. The molecule has 0 aromatic carbocycles. The van der Waals surface area contributed by atoms with Gasteiger partial charge in [-0.25, -0.2) is 0 Å². The predicted molar refractivity (Wildman–Crippen MR) is 60.6 cm³/mol. The number of hydrogen-bond acceptors (Lipinski definition) is 2. The average molecular weight is 210 g/mol. The molecule has 1 aliphatic carbocycles. The Hall–Kier alpha value is -0.570. The monoisotopic (exact) mass is 210 g/mol. The fourth-order valence-electron chi connectivity index (χ4n) is 2.72. The summed E-state index contributed by atoms with van der Waals surface area (Å²) in [6.45, 7) is 3.25. The molecule has 0 aromatic rings. The third-order valence-electron chi connectivity index (χ3n) is 3.82. The van der Waals surface area contributed by atoms with Crippen molar-refractivity contribution in [1.29, 1.82) is 0 Å². The largest absolute Gasteiger partial charge is 0.352 e. The molecule has 1 heterocycles. The standard InChI is InChI=1S/C12H22N2O/c1-9-5-2-3-6-10(9)14-12(15)11-7-4-8-13-11/h9-11,13H,2-8H2,1H3,(H,14,15)/t9?,10?,11-/m1/s1. The molecule has 3 heteroatoms. The summed E-state index contributed by atoms with van der Waals surface area (Å²) in [5.74, 6) is 0.885. The Morgan fingerprint density at radius 1 is 1.20 bits per heavy atom. The van der Waals surface area contributed by atoms with Gasteiger partial charge in [0.1, 0.15) is 0 Å². The second-order valence-electron chi connectivity index (χ2n) is 5.03. The Morgan fingerprint density at radius 2 is 2.00 bits per heavy atom. The summed E-state index contributed by atoms with van der Waals surface area (Å²) in [7, 11) is 0. The van der Waals surface area contributed by atoms with Gasteiger partial charge in [-0.1, -0.05) is 19.8 Å². The molecule has 2 N–H and O–H groups in total. The third kappa shape index (κ3) is 2.71. The van der Waals surface area contributed by atoms with E-state index in [0.29, 0.717) is 12.0 Å². The smallest absolute Gasteiger partial charge is 0.237 e. The van der Waals surface area contributed by atoms with Gasteiger partial charge in [-0.05, 0) is 38.1 Å². The maximum Gasteiger partial charge on any atom is 0.237 e. The molecule has 1 saturated carbocycles. The number of nitrogens with one attached hydrogen (secondary N) is 2. The van der Waals surface area contributed by atoms with E-state index in [9.17, 15) is 4.79 Å². The summed E-state index contributed by atoms with van der Waals surface area (Å²) in [5, 5.41) is 6.46. The normalized spacial score (nSPS) is 36.5. The van der Waals surface area contributed by atoms with Gasteiger partial charge >= 0.3 is 0 Å². The first kappa shape index (κ1) is 10.9. The van der Waals surface area contributed by atoms with Crippen molar-refractivity contribution < 1.29 is 4.79 Å². The zero-order valence-corrected chi connectivity index (χ0v) is 9.59. The van der Waals surface area contributed by atoms with Crippen LogP contribution < -0.4 is 10.6 Å². The first-order valence-corrected chi connectivity index (χ1v) is 6.31. The van der Waals surface area contributed by atoms with Crippen molar-refractivity contribution >= 4 is 5.91 Å². The fourth-order valence-corrected chi connectivity index (χ4v) is 2.72. The highest BCUT2D eigenvalue weighted by molar-refractivity contribution is 5.82. The number of carbonyl (C=O) groups excluding carboxylic acids is 1. The highest BCUT2D eigenvalue weighted by Gasteiger charge is 2.27. The summed E-state index contributed by atoms with van der Waals surface area (Å²) in [4.78, 5) is 11.9. The molecule has 3 nitrogen and oxygen atoms in total. The van der Waals surface area contributed by atoms with Crippen molar-refractivity contribution in [3.05, 3.63) is 0 Å². The van der Waals surface area contributed by atoms with Crippen molar-refractivity contribution in [2.24, 2.45) is 5.92 Å². The van der Waals surface area contributed by atoms with Crippen molar-refractivity contribution in [3.63, 3.8) is 0 Å². The summed E-state index contributed by atoms with van der Waals surface area (Å²) in [6, 6.07) is 0.507. The van der Waals surface area contributed by atoms with E-state index in [0.717, 1.165) is 19.4 Å². The van der Waals surface area contributed by atoms with Crippen LogP contribution in [0.4, 0.5) is 0 Å². The lowest BCUT2D eigenvalue weighted by molar-refractivity contribution is -0.124. The molecule has 86 valence electrons. The SMILES string of the molecule is CC1CCCCC1NC(=O)[C@H]1CCCN1. The van der Waals surface area contributed by atoms with Crippen LogP contribution in [0.15, 0.2) is 0 Å². The first-order valence-electron chi connectivity index (χ1n) is 6.31. The van der Waals surface area contributed by atoms with E-state index in [1.807, 2.05) is 0 Å². The van der Waals surface area contributed by atoms with E-state index in [4.69, 9.17) is 0 Å². The molecule has 0 bridgehead atoms. The molecule has 2 aliphatic rings. The van der Waals surface area contributed by atoms with Crippen LogP contribution in [0.2, 0.25) is 0 Å². The molecule has 1 saturated heterocycles. The van der Waals surface area contributed by atoms with Crippen LogP contribution in [-0.4, -0.2) is 24.5 Å². The summed E-state index contributed by atoms with van der Waals surface area (Å²) < 4.78 is 0. The molecule has 2 fully saturated rings. The molecule has 0 spiro atoms. The van der Waals surface area contributed by atoms with Crippen molar-refractivity contribution in [3.8, 4) is 0 Å². The molecule has 2 rings (SSSR count). The Kier molecular flexibility index (Phi) is 3.62. The Labute approximate surface area is 92.0 Å². The van der Waals surface area contributed by atoms with Crippen molar-refractivity contribution in [2.45, 2.75) is 57.5 Å². The molecule has 15 heavy (non-hydrogen) atoms. The summed E-state index contributed by atoms with van der Waals surface area (Å²) >= 11 is 0. The van der Waals surface area contributed by atoms with Gasteiger partial charge in [0.2, 0.25) is 5.91 Å². The van der Waals surface area contributed by atoms with Gasteiger partial charge in [0.25, 0.3) is 0 Å².